The molecule has 2 heterocycles. The average Bonchev–Trinajstić information content (AvgIpc) is 2.69. The Balaban J connectivity index is 1.73. The van der Waals surface area contributed by atoms with Gasteiger partial charge in [0.05, 0.1) is 0 Å². The highest BCUT2D eigenvalue weighted by Crippen LogP contribution is 2.24. The van der Waals surface area contributed by atoms with Crippen LogP contribution in [0.5, 0.6) is 0 Å². The topological polar surface area (TPSA) is 66.9 Å². The fourth-order valence-corrected chi connectivity index (χ4v) is 3.08. The summed E-state index contributed by atoms with van der Waals surface area (Å²) in [5.74, 6) is -0.0808. The molecule has 0 spiro atoms. The zero-order valence-electron chi connectivity index (χ0n) is 14.1. The van der Waals surface area contributed by atoms with Gasteiger partial charge in [0.15, 0.2) is 0 Å². The fraction of sp³-hybridized carbons (Fsp3) is 0.150. The van der Waals surface area contributed by atoms with Crippen LogP contribution in [0.25, 0.3) is 0 Å². The van der Waals surface area contributed by atoms with Crippen LogP contribution in [-0.2, 0) is 17.9 Å². The lowest BCUT2D eigenvalue weighted by atomic mass is 10.1. The van der Waals surface area contributed by atoms with Crippen molar-refractivity contribution in [3.63, 3.8) is 0 Å². The Morgan fingerprint density at radius 1 is 0.885 bits per heavy atom. The Hall–Kier alpha value is -2.57. The van der Waals surface area contributed by atoms with Crippen molar-refractivity contribution < 1.29 is 4.79 Å². The highest BCUT2D eigenvalue weighted by Gasteiger charge is 2.22. The summed E-state index contributed by atoms with van der Waals surface area (Å²) < 4.78 is 0.895. The Morgan fingerprint density at radius 3 is 2.08 bits per heavy atom. The first-order chi connectivity index (χ1) is 12.7. The number of rotatable bonds is 7. The predicted octanol–water partition coefficient (Wildman–Crippen LogP) is 3.39. The predicted molar refractivity (Wildman–Crippen MR) is 104 cm³/mol. The zero-order valence-corrected chi connectivity index (χ0v) is 15.7. The van der Waals surface area contributed by atoms with Gasteiger partial charge < -0.3 is 5.32 Å². The van der Waals surface area contributed by atoms with Gasteiger partial charge in [-0.15, -0.1) is 0 Å². The number of hydrogen-bond donors (Lipinski definition) is 2. The number of nitrogens with zero attached hydrogens (tertiary/aromatic N) is 2. The monoisotopic (exact) mass is 410 g/mol. The molecule has 1 unspecified atom stereocenters. The SMILES string of the molecule is O=C(NCc1ccncc1)C(NCc1ccncc1)c1ccccc1Br. The summed E-state index contributed by atoms with van der Waals surface area (Å²) in [5, 5.41) is 6.35. The molecule has 5 nitrogen and oxygen atoms in total. The first-order valence-electron chi connectivity index (χ1n) is 8.27. The number of pyridine rings is 2. The number of amides is 1. The van der Waals surface area contributed by atoms with Crippen molar-refractivity contribution in [2.75, 3.05) is 0 Å². The smallest absolute Gasteiger partial charge is 0.242 e. The molecule has 0 aliphatic heterocycles. The third-order valence-electron chi connectivity index (χ3n) is 3.95. The minimum Gasteiger partial charge on any atom is -0.350 e. The van der Waals surface area contributed by atoms with Crippen molar-refractivity contribution in [2.24, 2.45) is 0 Å². The lowest BCUT2D eigenvalue weighted by molar-refractivity contribution is -0.123. The molecule has 2 aromatic heterocycles. The number of carbonyl (C=O) groups excluding carboxylic acids is 1. The summed E-state index contributed by atoms with van der Waals surface area (Å²) >= 11 is 3.55. The van der Waals surface area contributed by atoms with Crippen LogP contribution in [0.3, 0.4) is 0 Å². The molecular weight excluding hydrogens is 392 g/mol. The van der Waals surface area contributed by atoms with E-state index in [-0.39, 0.29) is 5.91 Å². The van der Waals surface area contributed by atoms with Crippen LogP contribution in [0.4, 0.5) is 0 Å². The van der Waals surface area contributed by atoms with Gasteiger partial charge in [-0.25, -0.2) is 0 Å². The summed E-state index contributed by atoms with van der Waals surface area (Å²) in [6.07, 6.45) is 6.92. The van der Waals surface area contributed by atoms with E-state index in [1.165, 1.54) is 0 Å². The summed E-state index contributed by atoms with van der Waals surface area (Å²) in [7, 11) is 0. The van der Waals surface area contributed by atoms with E-state index in [2.05, 4.69) is 36.5 Å². The van der Waals surface area contributed by atoms with Gasteiger partial charge in [0.25, 0.3) is 0 Å². The van der Waals surface area contributed by atoms with E-state index in [0.29, 0.717) is 13.1 Å². The van der Waals surface area contributed by atoms with Crippen molar-refractivity contribution >= 4 is 21.8 Å². The van der Waals surface area contributed by atoms with Crippen molar-refractivity contribution in [2.45, 2.75) is 19.1 Å². The molecule has 0 aliphatic carbocycles. The largest absolute Gasteiger partial charge is 0.350 e. The van der Waals surface area contributed by atoms with Crippen LogP contribution in [-0.4, -0.2) is 15.9 Å². The molecule has 132 valence electrons. The maximum absolute atomic E-state index is 12.9. The van der Waals surface area contributed by atoms with Gasteiger partial charge in [0.1, 0.15) is 6.04 Å². The van der Waals surface area contributed by atoms with Crippen LogP contribution in [0.1, 0.15) is 22.7 Å². The van der Waals surface area contributed by atoms with E-state index < -0.39 is 6.04 Å². The van der Waals surface area contributed by atoms with Crippen LogP contribution >= 0.6 is 15.9 Å². The van der Waals surface area contributed by atoms with E-state index in [1.807, 2.05) is 48.5 Å². The second kappa shape index (κ2) is 9.22. The minimum atomic E-state index is -0.472. The van der Waals surface area contributed by atoms with Crippen molar-refractivity contribution in [3.8, 4) is 0 Å². The molecule has 1 aromatic carbocycles. The Kier molecular flexibility index (Phi) is 6.46. The third-order valence-corrected chi connectivity index (χ3v) is 4.68. The second-order valence-electron chi connectivity index (χ2n) is 5.76. The normalized spacial score (nSPS) is 11.7. The molecule has 0 radical (unpaired) electrons. The van der Waals surface area contributed by atoms with Crippen molar-refractivity contribution in [3.05, 3.63) is 94.5 Å². The summed E-state index contributed by atoms with van der Waals surface area (Å²) in [6, 6.07) is 14.9. The lowest BCUT2D eigenvalue weighted by Crippen LogP contribution is -2.37. The molecule has 1 amide bonds. The molecule has 1 atom stereocenters. The molecule has 6 heteroatoms. The number of benzene rings is 1. The Labute approximate surface area is 161 Å². The van der Waals surface area contributed by atoms with Gasteiger partial charge in [-0.1, -0.05) is 34.1 Å². The standard InChI is InChI=1S/C20H19BrN4O/c21-18-4-2-1-3-17(18)19(24-13-15-5-9-22-10-6-15)20(26)25-14-16-7-11-23-12-8-16/h1-12,19,24H,13-14H2,(H,25,26). The molecule has 26 heavy (non-hydrogen) atoms. The van der Waals surface area contributed by atoms with E-state index in [9.17, 15) is 4.79 Å². The molecule has 0 aliphatic rings. The second-order valence-corrected chi connectivity index (χ2v) is 6.62. The first kappa shape index (κ1) is 18.2. The maximum Gasteiger partial charge on any atom is 0.242 e. The van der Waals surface area contributed by atoms with Gasteiger partial charge in [-0.2, -0.15) is 0 Å². The van der Waals surface area contributed by atoms with Gasteiger partial charge in [-0.05, 0) is 47.0 Å². The summed E-state index contributed by atoms with van der Waals surface area (Å²) in [5.41, 5.74) is 2.97. The number of nitrogens with one attached hydrogen (secondary N) is 2. The number of halogens is 1. The number of hydrogen-bond acceptors (Lipinski definition) is 4. The van der Waals surface area contributed by atoms with Crippen molar-refractivity contribution in [1.29, 1.82) is 0 Å². The van der Waals surface area contributed by atoms with Gasteiger partial charge >= 0.3 is 0 Å². The molecule has 3 rings (SSSR count). The number of aromatic nitrogens is 2. The molecule has 2 N–H and O–H groups in total. The Bertz CT molecular complexity index is 843. The van der Waals surface area contributed by atoms with Crippen LogP contribution in [0, 0.1) is 0 Å². The molecule has 0 saturated heterocycles. The van der Waals surface area contributed by atoms with E-state index in [0.717, 1.165) is 21.2 Å². The van der Waals surface area contributed by atoms with Gasteiger partial charge in [0, 0.05) is 42.3 Å². The molecule has 0 bridgehead atoms. The maximum atomic E-state index is 12.9. The molecule has 0 fully saturated rings. The molecular formula is C20H19BrN4O. The van der Waals surface area contributed by atoms with Crippen molar-refractivity contribution in [1.82, 2.24) is 20.6 Å². The summed E-state index contributed by atoms with van der Waals surface area (Å²) in [4.78, 5) is 20.9. The van der Waals surface area contributed by atoms with E-state index in [1.54, 1.807) is 24.8 Å². The minimum absolute atomic E-state index is 0.0808. The third kappa shape index (κ3) is 4.97. The molecule has 3 aromatic rings. The van der Waals surface area contributed by atoms with Crippen LogP contribution < -0.4 is 10.6 Å². The van der Waals surface area contributed by atoms with E-state index in [4.69, 9.17) is 0 Å². The summed E-state index contributed by atoms with van der Waals surface area (Å²) in [6.45, 7) is 1.02. The van der Waals surface area contributed by atoms with Gasteiger partial charge in [0.2, 0.25) is 5.91 Å². The zero-order chi connectivity index (χ0) is 18.2. The average molecular weight is 411 g/mol. The van der Waals surface area contributed by atoms with Crippen LogP contribution in [0.2, 0.25) is 0 Å². The number of carbonyl (C=O) groups is 1. The van der Waals surface area contributed by atoms with Gasteiger partial charge in [-0.3, -0.25) is 20.1 Å². The van der Waals surface area contributed by atoms with E-state index >= 15 is 0 Å². The molecule has 0 saturated carbocycles. The lowest BCUT2D eigenvalue weighted by Gasteiger charge is -2.20. The van der Waals surface area contributed by atoms with Crippen LogP contribution in [0.15, 0.2) is 77.8 Å². The highest BCUT2D eigenvalue weighted by molar-refractivity contribution is 9.10. The Morgan fingerprint density at radius 2 is 1.46 bits per heavy atom. The highest BCUT2D eigenvalue weighted by atomic mass is 79.9. The fourth-order valence-electron chi connectivity index (χ4n) is 2.57. The quantitative estimate of drug-likeness (QED) is 0.626. The first-order valence-corrected chi connectivity index (χ1v) is 9.06.